The second-order valence-corrected chi connectivity index (χ2v) is 7.13. The minimum atomic E-state index is -0.644. The van der Waals surface area contributed by atoms with Crippen LogP contribution in [-0.2, 0) is 19.1 Å². The molecule has 2 aromatic rings. The lowest BCUT2D eigenvalue weighted by molar-refractivity contribution is -0.139. The molecule has 0 atom stereocenters. The van der Waals surface area contributed by atoms with E-state index in [2.05, 4.69) is 21.9 Å². The Balaban J connectivity index is 1.69. The molecule has 2 aliphatic heterocycles. The summed E-state index contributed by atoms with van der Waals surface area (Å²) in [6.07, 6.45) is 6.03. The number of carbonyl (C=O) groups excluding carboxylic acids is 2. The van der Waals surface area contributed by atoms with Gasteiger partial charge >= 0.3 is 5.97 Å². The summed E-state index contributed by atoms with van der Waals surface area (Å²) in [6, 6.07) is 3.74. The third kappa shape index (κ3) is 3.75. The number of carbonyl (C=O) groups is 2. The monoisotopic (exact) mass is 396 g/mol. The van der Waals surface area contributed by atoms with Crippen molar-refractivity contribution in [1.29, 1.82) is 0 Å². The maximum absolute atomic E-state index is 13.1. The van der Waals surface area contributed by atoms with Crippen molar-refractivity contribution >= 4 is 28.9 Å². The van der Waals surface area contributed by atoms with Gasteiger partial charge < -0.3 is 24.3 Å². The zero-order valence-electron chi connectivity index (χ0n) is 16.6. The van der Waals surface area contributed by atoms with Gasteiger partial charge in [-0.05, 0) is 45.1 Å². The summed E-state index contributed by atoms with van der Waals surface area (Å²) in [5.74, 6) is -0.679. The predicted octanol–water partition coefficient (Wildman–Crippen LogP) is 1.92. The third-order valence-electron chi connectivity index (χ3n) is 5.13. The van der Waals surface area contributed by atoms with Crippen molar-refractivity contribution in [2.45, 2.75) is 13.3 Å². The van der Waals surface area contributed by atoms with Gasteiger partial charge in [-0.3, -0.25) is 4.79 Å². The van der Waals surface area contributed by atoms with Crippen LogP contribution in [0.4, 0.5) is 0 Å². The molecule has 152 valence electrons. The fraction of sp³-hybridized carbons (Fsp3) is 0.381. The number of ketones is 1. The summed E-state index contributed by atoms with van der Waals surface area (Å²) in [5, 5.41) is 0.874. The van der Waals surface area contributed by atoms with Crippen LogP contribution in [0.15, 0.2) is 41.7 Å². The van der Waals surface area contributed by atoms with E-state index in [0.29, 0.717) is 19.0 Å². The second-order valence-electron chi connectivity index (χ2n) is 7.13. The van der Waals surface area contributed by atoms with Crippen molar-refractivity contribution in [3.8, 4) is 0 Å². The highest BCUT2D eigenvalue weighted by Gasteiger charge is 2.39. The highest BCUT2D eigenvalue weighted by atomic mass is 16.5. The topological polar surface area (TPSA) is 87.8 Å². The molecule has 29 heavy (non-hydrogen) atoms. The molecule has 8 heteroatoms. The van der Waals surface area contributed by atoms with Crippen molar-refractivity contribution in [2.24, 2.45) is 0 Å². The Morgan fingerprint density at radius 2 is 2.21 bits per heavy atom. The molecule has 1 N–H and O–H groups in total. The van der Waals surface area contributed by atoms with E-state index in [1.807, 2.05) is 17.0 Å². The molecule has 2 aromatic heterocycles. The van der Waals surface area contributed by atoms with Gasteiger partial charge in [0.2, 0.25) is 11.7 Å². The SMILES string of the molecule is CCOC(=O)C1=C(N2CCCN(C)CC2)OC(=Cc2c[nH]c3ncccc23)C1=O. The molecular weight excluding hydrogens is 372 g/mol. The number of hydrogen-bond donors (Lipinski definition) is 1. The van der Waals surface area contributed by atoms with E-state index in [-0.39, 0.29) is 17.9 Å². The van der Waals surface area contributed by atoms with Crippen LogP contribution in [0.3, 0.4) is 0 Å². The first-order valence-electron chi connectivity index (χ1n) is 9.79. The zero-order valence-corrected chi connectivity index (χ0v) is 16.6. The quantitative estimate of drug-likeness (QED) is 0.480. The molecule has 4 rings (SSSR count). The average molecular weight is 396 g/mol. The average Bonchev–Trinajstić information content (AvgIpc) is 3.18. The van der Waals surface area contributed by atoms with Crippen molar-refractivity contribution < 1.29 is 19.1 Å². The Bertz CT molecular complexity index is 1010. The van der Waals surface area contributed by atoms with Crippen LogP contribution in [0.25, 0.3) is 17.1 Å². The number of hydrogen-bond acceptors (Lipinski definition) is 7. The number of Topliss-reactive ketones (excluding diaryl/α,β-unsaturated/α-hetero) is 1. The molecule has 0 unspecified atom stereocenters. The molecule has 0 saturated carbocycles. The van der Waals surface area contributed by atoms with Gasteiger partial charge in [0.1, 0.15) is 5.65 Å². The van der Waals surface area contributed by atoms with Gasteiger partial charge in [-0.25, -0.2) is 9.78 Å². The van der Waals surface area contributed by atoms with Crippen molar-refractivity contribution in [3.05, 3.63) is 47.3 Å². The Morgan fingerprint density at radius 1 is 1.34 bits per heavy atom. The fourth-order valence-electron chi connectivity index (χ4n) is 3.61. The van der Waals surface area contributed by atoms with E-state index in [4.69, 9.17) is 9.47 Å². The summed E-state index contributed by atoms with van der Waals surface area (Å²) in [5.41, 5.74) is 1.47. The van der Waals surface area contributed by atoms with E-state index in [0.717, 1.165) is 36.1 Å². The number of ether oxygens (including phenoxy) is 2. The number of nitrogens with one attached hydrogen (secondary N) is 1. The standard InChI is InChI=1S/C21H24N4O4/c1-3-28-21(27)17-18(26)16(12-14-13-23-19-15(14)6-4-7-22-19)29-20(17)25-9-5-8-24(2)10-11-25/h4,6-7,12-13H,3,5,8-11H2,1-2H3,(H,22,23). The fourth-order valence-corrected chi connectivity index (χ4v) is 3.61. The van der Waals surface area contributed by atoms with E-state index in [1.54, 1.807) is 25.4 Å². The number of H-pyrrole nitrogens is 1. The number of aromatic nitrogens is 2. The molecule has 0 radical (unpaired) electrons. The highest BCUT2D eigenvalue weighted by molar-refractivity contribution is 6.26. The largest absolute Gasteiger partial charge is 0.462 e. The molecule has 1 saturated heterocycles. The molecule has 0 bridgehead atoms. The Labute approximate surface area is 168 Å². The molecule has 0 spiro atoms. The molecule has 4 heterocycles. The van der Waals surface area contributed by atoms with Gasteiger partial charge in [-0.2, -0.15) is 0 Å². The summed E-state index contributed by atoms with van der Waals surface area (Å²) in [4.78, 5) is 37.1. The Morgan fingerprint density at radius 3 is 3.03 bits per heavy atom. The maximum Gasteiger partial charge on any atom is 0.347 e. The number of nitrogens with zero attached hydrogens (tertiary/aromatic N) is 3. The van der Waals surface area contributed by atoms with Gasteiger partial charge in [0.15, 0.2) is 11.3 Å². The molecule has 0 aliphatic carbocycles. The van der Waals surface area contributed by atoms with E-state index >= 15 is 0 Å². The smallest absolute Gasteiger partial charge is 0.347 e. The zero-order chi connectivity index (χ0) is 20.4. The Hall–Kier alpha value is -3.13. The normalized spacial score (nSPS) is 19.7. The maximum atomic E-state index is 13.1. The molecule has 1 fully saturated rings. The van der Waals surface area contributed by atoms with E-state index in [9.17, 15) is 9.59 Å². The molecule has 2 aliphatic rings. The van der Waals surface area contributed by atoms with Crippen molar-refractivity contribution in [3.63, 3.8) is 0 Å². The van der Waals surface area contributed by atoms with Crippen LogP contribution in [0.1, 0.15) is 18.9 Å². The van der Waals surface area contributed by atoms with Crippen molar-refractivity contribution in [1.82, 2.24) is 19.8 Å². The molecular formula is C21H24N4O4. The first-order valence-corrected chi connectivity index (χ1v) is 9.79. The number of rotatable bonds is 4. The minimum Gasteiger partial charge on any atom is -0.462 e. The van der Waals surface area contributed by atoms with Crippen LogP contribution < -0.4 is 0 Å². The van der Waals surface area contributed by atoms with E-state index in [1.165, 1.54) is 0 Å². The molecule has 0 aromatic carbocycles. The van der Waals surface area contributed by atoms with Gasteiger partial charge in [0.25, 0.3) is 0 Å². The minimum absolute atomic E-state index is 0.0272. The highest BCUT2D eigenvalue weighted by Crippen LogP contribution is 2.31. The predicted molar refractivity (Wildman–Crippen MR) is 108 cm³/mol. The number of fused-ring (bicyclic) bond motifs is 1. The number of allylic oxidation sites excluding steroid dienone is 1. The summed E-state index contributed by atoms with van der Waals surface area (Å²) < 4.78 is 11.1. The van der Waals surface area contributed by atoms with Crippen molar-refractivity contribution in [2.75, 3.05) is 39.8 Å². The lowest BCUT2D eigenvalue weighted by atomic mass is 10.1. The van der Waals surface area contributed by atoms with Crippen LogP contribution in [0, 0.1) is 0 Å². The summed E-state index contributed by atoms with van der Waals surface area (Å²) >= 11 is 0. The first kappa shape index (κ1) is 19.2. The second kappa shape index (κ2) is 8.08. The first-order chi connectivity index (χ1) is 14.1. The number of likely N-dealkylation sites (N-methyl/N-ethyl adjacent to an activating group) is 1. The third-order valence-corrected chi connectivity index (χ3v) is 5.13. The number of esters is 1. The van der Waals surface area contributed by atoms with Crippen LogP contribution >= 0.6 is 0 Å². The van der Waals surface area contributed by atoms with Gasteiger partial charge in [-0.15, -0.1) is 0 Å². The summed E-state index contributed by atoms with van der Waals surface area (Å²) in [6.45, 7) is 5.07. The van der Waals surface area contributed by atoms with Gasteiger partial charge in [-0.1, -0.05) is 0 Å². The van der Waals surface area contributed by atoms with Crippen LogP contribution in [0.5, 0.6) is 0 Å². The van der Waals surface area contributed by atoms with Crippen LogP contribution in [0.2, 0.25) is 0 Å². The lowest BCUT2D eigenvalue weighted by Gasteiger charge is -2.23. The summed E-state index contributed by atoms with van der Waals surface area (Å²) in [7, 11) is 2.06. The van der Waals surface area contributed by atoms with Gasteiger partial charge in [0, 0.05) is 43.0 Å². The molecule has 8 nitrogen and oxygen atoms in total. The van der Waals surface area contributed by atoms with E-state index < -0.39 is 11.8 Å². The Kier molecular flexibility index (Phi) is 5.35. The van der Waals surface area contributed by atoms with Crippen LogP contribution in [-0.4, -0.2) is 71.4 Å². The number of pyridine rings is 1. The number of aromatic amines is 1. The van der Waals surface area contributed by atoms with Gasteiger partial charge in [0.05, 0.1) is 6.61 Å². The lowest BCUT2D eigenvalue weighted by Crippen LogP contribution is -2.30. The molecule has 0 amide bonds.